The predicted octanol–water partition coefficient (Wildman–Crippen LogP) is 6.93. The molecule has 0 radical (unpaired) electrons. The van der Waals surface area contributed by atoms with Crippen LogP contribution in [0, 0.1) is 28.4 Å². The van der Waals surface area contributed by atoms with Gasteiger partial charge in [0.2, 0.25) is 0 Å². The van der Waals surface area contributed by atoms with E-state index in [9.17, 15) is 18.4 Å². The maximum Gasteiger partial charge on any atom is 0.275 e. The Kier molecular flexibility index (Phi) is 9.42. The van der Waals surface area contributed by atoms with Crippen LogP contribution < -0.4 is 5.32 Å². The zero-order valence-electron chi connectivity index (χ0n) is 27.7. The molecule has 1 spiro atoms. The highest BCUT2D eigenvalue weighted by Crippen LogP contribution is 2.51. The number of hydrogen-bond donors (Lipinski definition) is 2. The third-order valence-corrected chi connectivity index (χ3v) is 9.96. The van der Waals surface area contributed by atoms with E-state index in [1.54, 1.807) is 12.1 Å². The Labute approximate surface area is 269 Å². The topological polar surface area (TPSA) is 116 Å². The van der Waals surface area contributed by atoms with Gasteiger partial charge in [0.15, 0.2) is 5.82 Å². The molecule has 1 saturated carbocycles. The molecule has 1 aliphatic carbocycles. The number of halogens is 2. The van der Waals surface area contributed by atoms with Crippen molar-refractivity contribution in [2.75, 3.05) is 0 Å². The van der Waals surface area contributed by atoms with Crippen molar-refractivity contribution >= 4 is 17.5 Å². The van der Waals surface area contributed by atoms with Gasteiger partial charge >= 0.3 is 0 Å². The fraction of sp³-hybridized carbons (Fsp3) is 0.543. The molecule has 9 nitrogen and oxygen atoms in total. The summed E-state index contributed by atoms with van der Waals surface area (Å²) < 4.78 is 28.8. The summed E-state index contributed by atoms with van der Waals surface area (Å²) >= 11 is 0. The number of aromatic amines is 1. The number of amides is 2. The first-order valence-electron chi connectivity index (χ1n) is 16.2. The van der Waals surface area contributed by atoms with Gasteiger partial charge in [0.05, 0.1) is 12.6 Å². The van der Waals surface area contributed by atoms with Gasteiger partial charge in [0.1, 0.15) is 23.0 Å². The Balaban J connectivity index is 1.51. The average molecular weight is 634 g/mol. The molecule has 11 heteroatoms. The smallest absolute Gasteiger partial charge is 0.275 e. The number of tetrazole rings is 1. The number of rotatable bonds is 10. The molecule has 2 N–H and O–H groups in total. The van der Waals surface area contributed by atoms with Gasteiger partial charge in [-0.25, -0.2) is 8.78 Å². The number of benzene rings is 2. The Morgan fingerprint density at radius 1 is 1.07 bits per heavy atom. The number of aliphatic imine (C=N–C) groups is 1. The van der Waals surface area contributed by atoms with Gasteiger partial charge in [-0.1, -0.05) is 65.3 Å². The molecule has 1 fully saturated rings. The summed E-state index contributed by atoms with van der Waals surface area (Å²) in [6.45, 7) is 13.4. The lowest BCUT2D eigenvalue weighted by atomic mass is 9.67. The number of carbonyl (C=O) groups excluding carboxylic acids is 2. The van der Waals surface area contributed by atoms with Crippen LogP contribution >= 0.6 is 0 Å². The number of nitrogens with zero attached hydrogens (tertiary/aromatic N) is 5. The lowest BCUT2D eigenvalue weighted by molar-refractivity contribution is -0.134. The molecular formula is C35H45F2N7O2. The maximum atomic E-state index is 14.5. The van der Waals surface area contributed by atoms with Crippen molar-refractivity contribution in [1.29, 1.82) is 0 Å². The molecule has 0 bridgehead atoms. The SMILES string of the molecule is CCC(C)(C)C1CCC2(CC1)N=C(c1cc(F)cc(F)c1)C(=O)N2[C@H](CCC(C)(C)C)c1ccc(C(=O)NCc2nn[nH]n2)cc1. The van der Waals surface area contributed by atoms with Gasteiger partial charge < -0.3 is 10.2 Å². The van der Waals surface area contributed by atoms with Gasteiger partial charge in [-0.3, -0.25) is 14.6 Å². The van der Waals surface area contributed by atoms with E-state index in [2.05, 4.69) is 67.5 Å². The third-order valence-electron chi connectivity index (χ3n) is 9.96. The van der Waals surface area contributed by atoms with E-state index in [1.165, 1.54) is 12.1 Å². The fourth-order valence-electron chi connectivity index (χ4n) is 6.82. The van der Waals surface area contributed by atoms with Crippen molar-refractivity contribution in [1.82, 2.24) is 30.8 Å². The predicted molar refractivity (Wildman–Crippen MR) is 172 cm³/mol. The zero-order chi connectivity index (χ0) is 33.3. The Hall–Kier alpha value is -4.02. The van der Waals surface area contributed by atoms with Gasteiger partial charge in [-0.2, -0.15) is 5.21 Å². The number of carbonyl (C=O) groups is 2. The summed E-state index contributed by atoms with van der Waals surface area (Å²) in [6, 6.07) is 10.1. The van der Waals surface area contributed by atoms with Gasteiger partial charge in [0, 0.05) is 17.2 Å². The van der Waals surface area contributed by atoms with E-state index < -0.39 is 17.3 Å². The molecule has 3 aromatic rings. The summed E-state index contributed by atoms with van der Waals surface area (Å²) in [5.41, 5.74) is 0.899. The van der Waals surface area contributed by atoms with Crippen LogP contribution in [0.2, 0.25) is 0 Å². The van der Waals surface area contributed by atoms with Crippen LogP contribution in [0.15, 0.2) is 47.5 Å². The molecule has 2 aromatic carbocycles. The minimum atomic E-state index is -0.835. The van der Waals surface area contributed by atoms with Crippen molar-refractivity contribution in [2.24, 2.45) is 21.7 Å². The third kappa shape index (κ3) is 7.18. The van der Waals surface area contributed by atoms with Crippen LogP contribution in [0.4, 0.5) is 8.78 Å². The molecule has 1 atom stereocenters. The van der Waals surface area contributed by atoms with Crippen LogP contribution in [0.5, 0.6) is 0 Å². The van der Waals surface area contributed by atoms with Crippen molar-refractivity contribution in [3.63, 3.8) is 0 Å². The first kappa shape index (κ1) is 33.3. The van der Waals surface area contributed by atoms with E-state index in [0.29, 0.717) is 36.6 Å². The summed E-state index contributed by atoms with van der Waals surface area (Å²) in [5, 5.41) is 16.4. The minimum absolute atomic E-state index is 0.0125. The van der Waals surface area contributed by atoms with Crippen molar-refractivity contribution in [2.45, 2.75) is 105 Å². The lowest BCUT2D eigenvalue weighted by Crippen LogP contribution is -2.51. The number of H-pyrrole nitrogens is 1. The van der Waals surface area contributed by atoms with E-state index >= 15 is 0 Å². The Morgan fingerprint density at radius 2 is 1.72 bits per heavy atom. The highest BCUT2D eigenvalue weighted by Gasteiger charge is 2.53. The fourth-order valence-corrected chi connectivity index (χ4v) is 6.82. The number of nitrogens with one attached hydrogen (secondary N) is 2. The number of hydrogen-bond acceptors (Lipinski definition) is 6. The van der Waals surface area contributed by atoms with E-state index in [0.717, 1.165) is 37.3 Å². The molecule has 5 rings (SSSR count). The van der Waals surface area contributed by atoms with E-state index in [4.69, 9.17) is 4.99 Å². The molecular weight excluding hydrogens is 588 g/mol. The van der Waals surface area contributed by atoms with Gasteiger partial charge in [-0.05, 0) is 85.1 Å². The standard InChI is InChI=1S/C35H45F2N7O2/c1-7-34(5,6)25-12-16-35(17-13-25)39-30(24-18-26(36)20-27(37)19-24)32(46)44(35)28(14-15-33(2,3)4)22-8-10-23(11-9-22)31(45)38-21-29-40-42-43-41-29/h8-11,18-20,25,28H,7,12-17,21H2,1-6H3,(H,38,45)(H,40,41,42,43)/t25?,28-,35?/m1/s1. The van der Waals surface area contributed by atoms with Crippen molar-refractivity contribution in [3.05, 3.63) is 76.6 Å². The van der Waals surface area contributed by atoms with Crippen LogP contribution in [-0.2, 0) is 11.3 Å². The van der Waals surface area contributed by atoms with Crippen molar-refractivity contribution < 1.29 is 18.4 Å². The Bertz CT molecular complexity index is 1550. The van der Waals surface area contributed by atoms with Crippen LogP contribution in [0.25, 0.3) is 0 Å². The molecule has 1 aliphatic heterocycles. The van der Waals surface area contributed by atoms with Gasteiger partial charge in [-0.15, -0.1) is 10.2 Å². The minimum Gasteiger partial charge on any atom is -0.345 e. The molecule has 246 valence electrons. The zero-order valence-corrected chi connectivity index (χ0v) is 27.7. The largest absolute Gasteiger partial charge is 0.345 e. The first-order chi connectivity index (χ1) is 21.7. The molecule has 46 heavy (non-hydrogen) atoms. The lowest BCUT2D eigenvalue weighted by Gasteiger charge is -2.48. The summed E-state index contributed by atoms with van der Waals surface area (Å²) in [6.07, 6.45) is 5.64. The second-order valence-electron chi connectivity index (χ2n) is 14.6. The highest BCUT2D eigenvalue weighted by atomic mass is 19.1. The second kappa shape index (κ2) is 13.0. The second-order valence-corrected chi connectivity index (χ2v) is 14.6. The van der Waals surface area contributed by atoms with Gasteiger partial charge in [0.25, 0.3) is 11.8 Å². The quantitative estimate of drug-likeness (QED) is 0.251. The van der Waals surface area contributed by atoms with Crippen LogP contribution in [0.1, 0.15) is 120 Å². The van der Waals surface area contributed by atoms with Crippen LogP contribution in [0.3, 0.4) is 0 Å². The monoisotopic (exact) mass is 633 g/mol. The maximum absolute atomic E-state index is 14.5. The van der Waals surface area contributed by atoms with Crippen LogP contribution in [-0.4, -0.2) is 48.7 Å². The summed E-state index contributed by atoms with van der Waals surface area (Å²) in [5.74, 6) is -1.25. The first-order valence-corrected chi connectivity index (χ1v) is 16.2. The molecule has 0 saturated heterocycles. The van der Waals surface area contributed by atoms with E-state index in [-0.39, 0.29) is 46.5 Å². The van der Waals surface area contributed by atoms with E-state index in [1.807, 2.05) is 17.0 Å². The molecule has 0 unspecified atom stereocenters. The summed E-state index contributed by atoms with van der Waals surface area (Å²) in [4.78, 5) is 34.4. The molecule has 1 aromatic heterocycles. The molecule has 2 amide bonds. The number of aromatic nitrogens is 4. The summed E-state index contributed by atoms with van der Waals surface area (Å²) in [7, 11) is 0. The Morgan fingerprint density at radius 3 is 2.28 bits per heavy atom. The van der Waals surface area contributed by atoms with Crippen molar-refractivity contribution in [3.8, 4) is 0 Å². The molecule has 2 aliphatic rings. The normalized spacial score (nSPS) is 21.0. The average Bonchev–Trinajstić information content (AvgIpc) is 3.62. The highest BCUT2D eigenvalue weighted by molar-refractivity contribution is 6.46. The molecule has 2 heterocycles.